The number of aromatic nitrogens is 2. The topological polar surface area (TPSA) is 113 Å². The Kier molecular flexibility index (Phi) is 5.49. The van der Waals surface area contributed by atoms with E-state index in [2.05, 4.69) is 22.4 Å². The van der Waals surface area contributed by atoms with Crippen LogP contribution in [-0.2, 0) is 17.8 Å². The quantitative estimate of drug-likeness (QED) is 0.574. The number of aliphatic hydroxyl groups is 1. The molecular weight excluding hydrogens is 386 g/mol. The van der Waals surface area contributed by atoms with Crippen molar-refractivity contribution in [2.24, 2.45) is 0 Å². The Bertz CT molecular complexity index is 1150. The van der Waals surface area contributed by atoms with Gasteiger partial charge in [-0.2, -0.15) is 0 Å². The number of hydrogen-bond donors (Lipinski definition) is 3. The van der Waals surface area contributed by atoms with Crippen molar-refractivity contribution >= 4 is 6.09 Å². The maximum Gasteiger partial charge on any atom is 0.407 e. The molecular formula is C22H21N3O5. The van der Waals surface area contributed by atoms with E-state index in [4.69, 9.17) is 9.84 Å². The van der Waals surface area contributed by atoms with Crippen molar-refractivity contribution in [2.45, 2.75) is 19.0 Å². The van der Waals surface area contributed by atoms with Crippen LogP contribution in [-0.4, -0.2) is 34.0 Å². The van der Waals surface area contributed by atoms with Crippen molar-refractivity contribution in [1.29, 1.82) is 0 Å². The number of amides is 1. The molecule has 3 N–H and O–H groups in total. The summed E-state index contributed by atoms with van der Waals surface area (Å²) >= 11 is 0. The predicted octanol–water partition coefficient (Wildman–Crippen LogP) is 1.57. The minimum Gasteiger partial charge on any atom is -0.449 e. The van der Waals surface area contributed by atoms with Gasteiger partial charge in [0.2, 0.25) is 0 Å². The standard InChI is InChI=1S/C22H21N3O5/c26-10-9-25-12-14(20(27)24-21(25)28)11-23-22(29)30-13-19-17-7-3-1-5-15(17)16-6-2-4-8-18(16)19/h1-8,12,19,26H,9-11,13H2,(H,23,29)(H,24,27,28). The molecule has 0 bridgehead atoms. The third-order valence-corrected chi connectivity index (χ3v) is 5.19. The number of hydrogen-bond acceptors (Lipinski definition) is 5. The lowest BCUT2D eigenvalue weighted by Gasteiger charge is -2.14. The zero-order valence-corrected chi connectivity index (χ0v) is 16.1. The summed E-state index contributed by atoms with van der Waals surface area (Å²) in [5.41, 5.74) is 3.49. The first-order chi connectivity index (χ1) is 14.6. The van der Waals surface area contributed by atoms with Crippen molar-refractivity contribution in [2.75, 3.05) is 13.2 Å². The largest absolute Gasteiger partial charge is 0.449 e. The summed E-state index contributed by atoms with van der Waals surface area (Å²) in [4.78, 5) is 38.0. The molecule has 0 spiro atoms. The highest BCUT2D eigenvalue weighted by atomic mass is 16.5. The number of nitrogens with one attached hydrogen (secondary N) is 2. The van der Waals surface area contributed by atoms with Gasteiger partial charge in [0, 0.05) is 12.1 Å². The molecule has 0 atom stereocenters. The van der Waals surface area contributed by atoms with E-state index in [1.54, 1.807) is 0 Å². The summed E-state index contributed by atoms with van der Waals surface area (Å²) in [6.07, 6.45) is 0.664. The summed E-state index contributed by atoms with van der Waals surface area (Å²) in [6, 6.07) is 16.1. The van der Waals surface area contributed by atoms with E-state index in [1.807, 2.05) is 36.4 Å². The highest BCUT2D eigenvalue weighted by molar-refractivity contribution is 5.79. The van der Waals surface area contributed by atoms with Crippen LogP contribution in [0.3, 0.4) is 0 Å². The number of alkyl carbamates (subject to hydrolysis) is 1. The number of fused-ring (bicyclic) bond motifs is 3. The Labute approximate surface area is 171 Å². The van der Waals surface area contributed by atoms with Gasteiger partial charge in [0.25, 0.3) is 5.56 Å². The Hall–Kier alpha value is -3.65. The van der Waals surface area contributed by atoms with Crippen molar-refractivity contribution in [1.82, 2.24) is 14.9 Å². The molecule has 4 rings (SSSR count). The van der Waals surface area contributed by atoms with Crippen LogP contribution in [0.25, 0.3) is 11.1 Å². The zero-order chi connectivity index (χ0) is 21.1. The lowest BCUT2D eigenvalue weighted by molar-refractivity contribution is 0.142. The number of carbonyl (C=O) groups is 1. The predicted molar refractivity (Wildman–Crippen MR) is 110 cm³/mol. The van der Waals surface area contributed by atoms with E-state index in [-0.39, 0.29) is 37.8 Å². The average molecular weight is 407 g/mol. The van der Waals surface area contributed by atoms with Crippen LogP contribution in [0.5, 0.6) is 0 Å². The Morgan fingerprint density at radius 3 is 2.33 bits per heavy atom. The molecule has 2 aromatic carbocycles. The fourth-order valence-corrected chi connectivity index (χ4v) is 3.77. The Balaban J connectivity index is 1.42. The molecule has 0 unspecified atom stereocenters. The first kappa shape index (κ1) is 19.7. The van der Waals surface area contributed by atoms with E-state index < -0.39 is 17.3 Å². The molecule has 1 aliphatic rings. The van der Waals surface area contributed by atoms with Gasteiger partial charge >= 0.3 is 11.8 Å². The van der Waals surface area contributed by atoms with E-state index in [0.717, 1.165) is 22.3 Å². The number of carbonyl (C=O) groups excluding carboxylic acids is 1. The van der Waals surface area contributed by atoms with Crippen LogP contribution in [0, 0.1) is 0 Å². The molecule has 154 valence electrons. The number of ether oxygens (including phenoxy) is 1. The van der Waals surface area contributed by atoms with Crippen LogP contribution in [0.2, 0.25) is 0 Å². The number of nitrogens with zero attached hydrogens (tertiary/aromatic N) is 1. The molecule has 8 nitrogen and oxygen atoms in total. The van der Waals surface area contributed by atoms with E-state index >= 15 is 0 Å². The second kappa shape index (κ2) is 8.38. The fraction of sp³-hybridized carbons (Fsp3) is 0.227. The molecule has 0 fully saturated rings. The maximum absolute atomic E-state index is 12.2. The van der Waals surface area contributed by atoms with Crippen molar-refractivity contribution in [3.05, 3.63) is 92.3 Å². The number of H-pyrrole nitrogens is 1. The van der Waals surface area contributed by atoms with Crippen LogP contribution < -0.4 is 16.6 Å². The minimum atomic E-state index is -0.656. The molecule has 0 radical (unpaired) electrons. The number of benzene rings is 2. The van der Waals surface area contributed by atoms with Gasteiger partial charge in [0.05, 0.1) is 25.3 Å². The summed E-state index contributed by atoms with van der Waals surface area (Å²) < 4.78 is 6.61. The highest BCUT2D eigenvalue weighted by Gasteiger charge is 2.28. The molecule has 30 heavy (non-hydrogen) atoms. The molecule has 8 heteroatoms. The number of aromatic amines is 1. The van der Waals surface area contributed by atoms with Gasteiger partial charge in [0.15, 0.2) is 0 Å². The van der Waals surface area contributed by atoms with Gasteiger partial charge in [-0.1, -0.05) is 48.5 Å². The summed E-state index contributed by atoms with van der Waals surface area (Å²) in [5.74, 6) is -0.0574. The second-order valence-corrected chi connectivity index (χ2v) is 7.01. The molecule has 0 aliphatic heterocycles. The SMILES string of the molecule is O=C(NCc1cn(CCO)c(=O)[nH]c1=O)OCC1c2ccccc2-c2ccccc21. The van der Waals surface area contributed by atoms with E-state index in [1.165, 1.54) is 10.8 Å². The van der Waals surface area contributed by atoms with Gasteiger partial charge in [-0.3, -0.25) is 14.3 Å². The summed E-state index contributed by atoms with van der Waals surface area (Å²) in [5, 5.41) is 11.5. The number of rotatable bonds is 6. The average Bonchev–Trinajstić information content (AvgIpc) is 3.07. The van der Waals surface area contributed by atoms with Crippen molar-refractivity contribution < 1.29 is 14.6 Å². The minimum absolute atomic E-state index is 0.0492. The van der Waals surface area contributed by atoms with E-state index in [0.29, 0.717) is 0 Å². The van der Waals surface area contributed by atoms with Crippen molar-refractivity contribution in [3.8, 4) is 11.1 Å². The molecule has 1 heterocycles. The third-order valence-electron chi connectivity index (χ3n) is 5.19. The lowest BCUT2D eigenvalue weighted by Crippen LogP contribution is -2.35. The third kappa shape index (κ3) is 3.77. The van der Waals surface area contributed by atoms with Crippen molar-refractivity contribution in [3.63, 3.8) is 0 Å². The number of aliphatic hydroxyl groups excluding tert-OH is 1. The van der Waals surface area contributed by atoms with Gasteiger partial charge in [-0.05, 0) is 22.3 Å². The highest BCUT2D eigenvalue weighted by Crippen LogP contribution is 2.44. The molecule has 0 saturated carbocycles. The monoisotopic (exact) mass is 407 g/mol. The van der Waals surface area contributed by atoms with Gasteiger partial charge < -0.3 is 15.2 Å². The van der Waals surface area contributed by atoms with Crippen LogP contribution in [0.15, 0.2) is 64.3 Å². The normalized spacial score (nSPS) is 12.3. The Morgan fingerprint density at radius 2 is 1.70 bits per heavy atom. The molecule has 1 amide bonds. The zero-order valence-electron chi connectivity index (χ0n) is 16.1. The molecule has 0 saturated heterocycles. The fourth-order valence-electron chi connectivity index (χ4n) is 3.77. The maximum atomic E-state index is 12.2. The second-order valence-electron chi connectivity index (χ2n) is 7.01. The Morgan fingerprint density at radius 1 is 1.07 bits per heavy atom. The summed E-state index contributed by atoms with van der Waals surface area (Å²) in [7, 11) is 0. The first-order valence-electron chi connectivity index (χ1n) is 9.61. The first-order valence-corrected chi connectivity index (χ1v) is 9.61. The molecule has 1 aromatic heterocycles. The smallest absolute Gasteiger partial charge is 0.407 e. The molecule has 1 aliphatic carbocycles. The lowest BCUT2D eigenvalue weighted by atomic mass is 9.98. The van der Waals surface area contributed by atoms with Crippen LogP contribution >= 0.6 is 0 Å². The summed E-state index contributed by atoms with van der Waals surface area (Å²) in [6.45, 7) is -0.128. The van der Waals surface area contributed by atoms with E-state index in [9.17, 15) is 14.4 Å². The van der Waals surface area contributed by atoms with Gasteiger partial charge in [-0.25, -0.2) is 9.59 Å². The van der Waals surface area contributed by atoms with Gasteiger partial charge in [0.1, 0.15) is 6.61 Å². The van der Waals surface area contributed by atoms with Crippen LogP contribution in [0.1, 0.15) is 22.6 Å². The van der Waals surface area contributed by atoms with Gasteiger partial charge in [-0.15, -0.1) is 0 Å². The molecule has 3 aromatic rings. The van der Waals surface area contributed by atoms with Crippen LogP contribution in [0.4, 0.5) is 4.79 Å².